The molecule has 26 heavy (non-hydrogen) atoms. The van der Waals surface area contributed by atoms with Gasteiger partial charge in [-0.05, 0) is 58.1 Å². The van der Waals surface area contributed by atoms with Crippen LogP contribution in [-0.4, -0.2) is 29.2 Å². The Labute approximate surface area is 163 Å². The van der Waals surface area contributed by atoms with Crippen LogP contribution < -0.4 is 10.6 Å². The Balaban J connectivity index is 0.00000243. The van der Waals surface area contributed by atoms with E-state index in [-0.39, 0.29) is 12.4 Å². The molecule has 1 aromatic carbocycles. The average Bonchev–Trinajstić information content (AvgIpc) is 2.98. The number of piperidine rings is 1. The highest BCUT2D eigenvalue weighted by molar-refractivity contribution is 5.85. The molecule has 0 spiro atoms. The van der Waals surface area contributed by atoms with Crippen molar-refractivity contribution in [2.75, 3.05) is 13.1 Å². The van der Waals surface area contributed by atoms with Crippen molar-refractivity contribution in [3.63, 3.8) is 0 Å². The number of H-pyrrole nitrogens is 1. The second-order valence-corrected chi connectivity index (χ2v) is 7.00. The van der Waals surface area contributed by atoms with Crippen LogP contribution in [0.4, 0.5) is 0 Å². The van der Waals surface area contributed by atoms with Crippen LogP contribution in [0.1, 0.15) is 45.6 Å². The lowest BCUT2D eigenvalue weighted by Gasteiger charge is -2.28. The summed E-state index contributed by atoms with van der Waals surface area (Å²) in [6.45, 7) is 10.8. The molecule has 0 bridgehead atoms. The Morgan fingerprint density at radius 2 is 1.73 bits per heavy atom. The predicted octanol–water partition coefficient (Wildman–Crippen LogP) is 4.24. The van der Waals surface area contributed by atoms with Gasteiger partial charge in [-0.1, -0.05) is 35.9 Å². The second-order valence-electron chi connectivity index (χ2n) is 7.00. The SMILES string of the molecule is C/C=N\C(=c1\[nH]c(-c2ccccc2)c(C)c1=C(C)C)N1CCCCC1.Cl. The molecular formula is C22H30ClN3. The molecule has 0 unspecified atom stereocenters. The minimum Gasteiger partial charge on any atom is -0.355 e. The number of aromatic nitrogens is 1. The van der Waals surface area contributed by atoms with Gasteiger partial charge in [-0.25, -0.2) is 4.99 Å². The number of nitrogens with zero attached hydrogens (tertiary/aromatic N) is 2. The van der Waals surface area contributed by atoms with E-state index in [2.05, 4.69) is 61.0 Å². The molecule has 140 valence electrons. The quantitative estimate of drug-likeness (QED) is 0.803. The molecule has 0 radical (unpaired) electrons. The van der Waals surface area contributed by atoms with E-state index in [1.54, 1.807) is 0 Å². The fourth-order valence-electron chi connectivity index (χ4n) is 3.81. The van der Waals surface area contributed by atoms with E-state index < -0.39 is 0 Å². The van der Waals surface area contributed by atoms with Gasteiger partial charge in [-0.2, -0.15) is 0 Å². The van der Waals surface area contributed by atoms with Gasteiger partial charge in [0.15, 0.2) is 5.82 Å². The zero-order valence-electron chi connectivity index (χ0n) is 16.3. The maximum Gasteiger partial charge on any atom is 0.152 e. The molecule has 1 saturated heterocycles. The Hall–Kier alpha value is -2.00. The van der Waals surface area contributed by atoms with Crippen molar-refractivity contribution in [3.05, 3.63) is 46.5 Å². The van der Waals surface area contributed by atoms with Crippen molar-refractivity contribution in [2.45, 2.75) is 47.0 Å². The summed E-state index contributed by atoms with van der Waals surface area (Å²) in [5.41, 5.74) is 5.06. The number of halogens is 1. The number of aliphatic imine (C=N–C) groups is 1. The molecule has 0 atom stereocenters. The molecule has 0 saturated carbocycles. The van der Waals surface area contributed by atoms with Gasteiger partial charge in [0.25, 0.3) is 0 Å². The van der Waals surface area contributed by atoms with Crippen molar-refractivity contribution in [3.8, 4) is 11.3 Å². The van der Waals surface area contributed by atoms with E-state index in [4.69, 9.17) is 4.99 Å². The topological polar surface area (TPSA) is 31.4 Å². The maximum atomic E-state index is 4.78. The largest absolute Gasteiger partial charge is 0.355 e. The molecule has 1 N–H and O–H groups in total. The van der Waals surface area contributed by atoms with Crippen LogP contribution in [0.2, 0.25) is 0 Å². The number of hydrogen-bond donors (Lipinski definition) is 1. The van der Waals surface area contributed by atoms with Crippen molar-refractivity contribution in [1.29, 1.82) is 0 Å². The van der Waals surface area contributed by atoms with Crippen LogP contribution in [0, 0.1) is 6.92 Å². The summed E-state index contributed by atoms with van der Waals surface area (Å²) in [6.07, 6.45) is 5.73. The van der Waals surface area contributed by atoms with E-state index in [0.717, 1.165) is 24.3 Å². The van der Waals surface area contributed by atoms with Gasteiger partial charge in [-0.15, -0.1) is 12.4 Å². The van der Waals surface area contributed by atoms with Gasteiger partial charge in [0.2, 0.25) is 0 Å². The minimum atomic E-state index is 0. The van der Waals surface area contributed by atoms with Gasteiger partial charge in [0.1, 0.15) is 0 Å². The number of likely N-dealkylation sites (tertiary alicyclic amines) is 1. The third-order valence-electron chi connectivity index (χ3n) is 4.94. The molecule has 2 heterocycles. The van der Waals surface area contributed by atoms with Crippen LogP contribution in [0.3, 0.4) is 0 Å². The lowest BCUT2D eigenvalue weighted by Crippen LogP contribution is -2.37. The molecule has 1 aliphatic rings. The monoisotopic (exact) mass is 371 g/mol. The summed E-state index contributed by atoms with van der Waals surface area (Å²) < 4.78 is 0. The number of rotatable bonds is 3. The predicted molar refractivity (Wildman–Crippen MR) is 115 cm³/mol. The first-order chi connectivity index (χ1) is 12.1. The molecule has 2 aromatic rings. The normalized spacial score (nSPS) is 15.8. The zero-order chi connectivity index (χ0) is 17.8. The van der Waals surface area contributed by atoms with Crippen molar-refractivity contribution >= 4 is 30.0 Å². The van der Waals surface area contributed by atoms with Crippen molar-refractivity contribution in [2.24, 2.45) is 4.99 Å². The van der Waals surface area contributed by atoms with Crippen LogP contribution in [0.25, 0.3) is 22.7 Å². The molecule has 0 aliphatic carbocycles. The summed E-state index contributed by atoms with van der Waals surface area (Å²) in [4.78, 5) is 10.9. The van der Waals surface area contributed by atoms with Crippen molar-refractivity contribution in [1.82, 2.24) is 9.88 Å². The summed E-state index contributed by atoms with van der Waals surface area (Å²) in [7, 11) is 0. The average molecular weight is 372 g/mol. The zero-order valence-corrected chi connectivity index (χ0v) is 17.1. The van der Waals surface area contributed by atoms with Crippen LogP contribution in [0.15, 0.2) is 35.3 Å². The molecular weight excluding hydrogens is 342 g/mol. The Kier molecular flexibility index (Phi) is 7.10. The third-order valence-corrected chi connectivity index (χ3v) is 4.94. The second kappa shape index (κ2) is 9.09. The highest BCUT2D eigenvalue weighted by atomic mass is 35.5. The van der Waals surface area contributed by atoms with Crippen molar-refractivity contribution < 1.29 is 0 Å². The number of nitrogens with one attached hydrogen (secondary N) is 1. The molecule has 0 amide bonds. The van der Waals surface area contributed by atoms with Gasteiger partial charge in [-0.3, -0.25) is 0 Å². The third kappa shape index (κ3) is 4.04. The van der Waals surface area contributed by atoms with E-state index >= 15 is 0 Å². The molecule has 1 fully saturated rings. The summed E-state index contributed by atoms with van der Waals surface area (Å²) in [5.74, 6) is 1.09. The van der Waals surface area contributed by atoms with Gasteiger partial charge in [0, 0.05) is 30.2 Å². The smallest absolute Gasteiger partial charge is 0.152 e. The lowest BCUT2D eigenvalue weighted by molar-refractivity contribution is 0.319. The number of hydrogen-bond acceptors (Lipinski definition) is 2. The van der Waals surface area contributed by atoms with Crippen LogP contribution >= 0.6 is 12.4 Å². The fraction of sp³-hybridized carbons (Fsp3) is 0.409. The van der Waals surface area contributed by atoms with Gasteiger partial charge < -0.3 is 9.88 Å². The highest BCUT2D eigenvalue weighted by Crippen LogP contribution is 2.19. The molecule has 1 aromatic heterocycles. The Bertz CT molecular complexity index is 868. The van der Waals surface area contributed by atoms with E-state index in [9.17, 15) is 0 Å². The molecule has 3 rings (SSSR count). The summed E-state index contributed by atoms with van der Waals surface area (Å²) >= 11 is 0. The van der Waals surface area contributed by atoms with Crippen LogP contribution in [-0.2, 0) is 0 Å². The lowest BCUT2D eigenvalue weighted by atomic mass is 10.1. The van der Waals surface area contributed by atoms with E-state index in [0.29, 0.717) is 0 Å². The van der Waals surface area contributed by atoms with Gasteiger partial charge in [0.05, 0.1) is 5.35 Å². The van der Waals surface area contributed by atoms with E-state index in [1.807, 2.05) is 13.1 Å². The first-order valence-electron chi connectivity index (χ1n) is 9.33. The minimum absolute atomic E-state index is 0. The first-order valence-corrected chi connectivity index (χ1v) is 9.33. The fourth-order valence-corrected chi connectivity index (χ4v) is 3.81. The van der Waals surface area contributed by atoms with E-state index in [1.165, 1.54) is 46.9 Å². The van der Waals surface area contributed by atoms with Gasteiger partial charge >= 0.3 is 0 Å². The standard InChI is InChI=1S/C22H29N3.ClH/c1-5-23-22(25-14-10-7-11-15-25)21-19(16(2)3)17(4)20(24-21)18-12-8-6-9-13-18;/h5-6,8-9,12-13,24H,7,10-11,14-15H2,1-4H3;1H/b22-21-,23-5-;. The van der Waals surface area contributed by atoms with Crippen LogP contribution in [0.5, 0.6) is 0 Å². The Morgan fingerprint density at radius 3 is 2.31 bits per heavy atom. The highest BCUT2D eigenvalue weighted by Gasteiger charge is 2.17. The molecule has 1 aliphatic heterocycles. The summed E-state index contributed by atoms with van der Waals surface area (Å²) in [5, 5.41) is 2.47. The molecule has 4 heteroatoms. The first kappa shape index (κ1) is 20.3. The number of aromatic amines is 1. The number of benzene rings is 1. The maximum absolute atomic E-state index is 4.78. The Morgan fingerprint density at radius 1 is 1.08 bits per heavy atom. The molecule has 3 nitrogen and oxygen atoms in total. The summed E-state index contributed by atoms with van der Waals surface area (Å²) in [6, 6.07) is 10.6.